The number of anilines is 3. The molecule has 6 rings (SSSR count). The summed E-state index contributed by atoms with van der Waals surface area (Å²) < 4.78 is 38.9. The SMILES string of the molecule is CC[C@H](C(=O)Nc1nccc2c(-c3nc(Nc4cccc(S(C)(=O)=O)c4F)ncc3C)c[nH]c12)N1CCC2(CC1)CN(C)C2. The van der Waals surface area contributed by atoms with Gasteiger partial charge in [0, 0.05) is 48.9 Å². The zero-order chi connectivity index (χ0) is 31.2. The van der Waals surface area contributed by atoms with E-state index in [1.165, 1.54) is 18.2 Å². The van der Waals surface area contributed by atoms with Crippen LogP contribution in [0, 0.1) is 18.2 Å². The van der Waals surface area contributed by atoms with Crippen LogP contribution in [0.4, 0.5) is 21.8 Å². The fourth-order valence-corrected chi connectivity index (χ4v) is 7.43. The van der Waals surface area contributed by atoms with Crippen LogP contribution in [0.5, 0.6) is 0 Å². The molecule has 0 radical (unpaired) electrons. The molecule has 1 spiro atoms. The summed E-state index contributed by atoms with van der Waals surface area (Å²) in [6.07, 6.45) is 8.94. The Morgan fingerprint density at radius 2 is 1.93 bits per heavy atom. The van der Waals surface area contributed by atoms with Crippen LogP contribution in [0.1, 0.15) is 31.7 Å². The average Bonchev–Trinajstić information content (AvgIpc) is 3.40. The molecule has 44 heavy (non-hydrogen) atoms. The van der Waals surface area contributed by atoms with E-state index in [0.29, 0.717) is 28.9 Å². The second-order valence-corrected chi connectivity index (χ2v) is 14.1. The van der Waals surface area contributed by atoms with E-state index in [9.17, 15) is 17.6 Å². The second kappa shape index (κ2) is 11.5. The second-order valence-electron chi connectivity index (χ2n) is 12.1. The van der Waals surface area contributed by atoms with Gasteiger partial charge in [0.1, 0.15) is 4.90 Å². The van der Waals surface area contributed by atoms with Gasteiger partial charge in [-0.1, -0.05) is 13.0 Å². The van der Waals surface area contributed by atoms with Crippen LogP contribution in [0.2, 0.25) is 0 Å². The number of H-pyrrole nitrogens is 1. The van der Waals surface area contributed by atoms with Gasteiger partial charge >= 0.3 is 0 Å². The quantitative estimate of drug-likeness (QED) is 0.263. The molecule has 1 amide bonds. The fraction of sp³-hybridized carbons (Fsp3) is 0.419. The van der Waals surface area contributed by atoms with Crippen molar-refractivity contribution in [2.75, 3.05) is 50.1 Å². The lowest BCUT2D eigenvalue weighted by atomic mass is 9.72. The van der Waals surface area contributed by atoms with Gasteiger partial charge in [-0.05, 0) is 75.5 Å². The monoisotopic (exact) mass is 620 g/mol. The number of hydrogen-bond donors (Lipinski definition) is 3. The van der Waals surface area contributed by atoms with Crippen molar-refractivity contribution in [3.05, 3.63) is 54.2 Å². The average molecular weight is 621 g/mol. The number of carbonyl (C=O) groups is 1. The molecule has 0 saturated carbocycles. The van der Waals surface area contributed by atoms with E-state index < -0.39 is 20.5 Å². The highest BCUT2D eigenvalue weighted by molar-refractivity contribution is 7.90. The number of nitrogens with zero attached hydrogens (tertiary/aromatic N) is 5. The van der Waals surface area contributed by atoms with Gasteiger partial charge in [0.2, 0.25) is 11.9 Å². The van der Waals surface area contributed by atoms with Crippen LogP contribution in [-0.4, -0.2) is 89.6 Å². The third-order valence-corrected chi connectivity index (χ3v) is 9.99. The summed E-state index contributed by atoms with van der Waals surface area (Å²) in [4.78, 5) is 34.4. The summed E-state index contributed by atoms with van der Waals surface area (Å²) in [5.41, 5.74) is 3.15. The summed E-state index contributed by atoms with van der Waals surface area (Å²) in [7, 11) is -1.60. The number of carbonyl (C=O) groups excluding carboxylic acids is 1. The molecule has 4 aromatic rings. The molecule has 0 unspecified atom stereocenters. The van der Waals surface area contributed by atoms with Crippen molar-refractivity contribution in [3.63, 3.8) is 0 Å². The van der Waals surface area contributed by atoms with Gasteiger partial charge < -0.3 is 20.5 Å². The summed E-state index contributed by atoms with van der Waals surface area (Å²) in [6.45, 7) is 8.01. The number of rotatable bonds is 8. The van der Waals surface area contributed by atoms with E-state index >= 15 is 0 Å². The Balaban J connectivity index is 1.23. The number of aromatic amines is 1. The Hall–Kier alpha value is -3.94. The molecule has 2 aliphatic heterocycles. The van der Waals surface area contributed by atoms with Crippen molar-refractivity contribution in [2.45, 2.75) is 44.0 Å². The van der Waals surface area contributed by atoms with E-state index in [1.54, 1.807) is 18.6 Å². The minimum atomic E-state index is -3.76. The molecular weight excluding hydrogens is 583 g/mol. The van der Waals surface area contributed by atoms with Crippen LogP contribution in [-0.2, 0) is 14.6 Å². The largest absolute Gasteiger partial charge is 0.357 e. The van der Waals surface area contributed by atoms with Crippen LogP contribution >= 0.6 is 0 Å². The smallest absolute Gasteiger partial charge is 0.242 e. The number of aromatic nitrogens is 4. The fourth-order valence-electron chi connectivity index (χ4n) is 6.67. The number of halogens is 1. The Labute approximate surface area is 256 Å². The standard InChI is InChI=1S/C31H37FN8O3S/c1-5-23(40-13-10-31(11-14-40)17-39(3)18-31)29(41)38-28-27-20(9-12-33-28)21(16-34-27)26-19(2)15-35-30(37-26)36-22-7-6-8-24(25(22)32)44(4,42)43/h6-9,12,15-16,23,34H,5,10-11,13-14,17-18H2,1-4H3,(H,33,38,41)(H,35,36,37)/t23-/m1/s1. The number of sulfone groups is 1. The van der Waals surface area contributed by atoms with Gasteiger partial charge in [0.15, 0.2) is 21.5 Å². The molecule has 5 heterocycles. The highest BCUT2D eigenvalue weighted by atomic mass is 32.2. The minimum absolute atomic E-state index is 0.0507. The highest BCUT2D eigenvalue weighted by Crippen LogP contribution is 2.40. The van der Waals surface area contributed by atoms with E-state index in [1.807, 2.05) is 19.9 Å². The zero-order valence-electron chi connectivity index (χ0n) is 25.3. The van der Waals surface area contributed by atoms with E-state index in [0.717, 1.165) is 61.8 Å². The van der Waals surface area contributed by atoms with Gasteiger partial charge in [-0.15, -0.1) is 0 Å². The topological polar surface area (TPSA) is 136 Å². The number of pyridine rings is 1. The third kappa shape index (κ3) is 5.66. The maximum absolute atomic E-state index is 15.0. The molecule has 11 nitrogen and oxygen atoms in total. The Morgan fingerprint density at radius 3 is 2.61 bits per heavy atom. The van der Waals surface area contributed by atoms with Crippen LogP contribution in [0.15, 0.2) is 47.8 Å². The molecule has 1 aromatic carbocycles. The van der Waals surface area contributed by atoms with Crippen molar-refractivity contribution in [3.8, 4) is 11.3 Å². The lowest BCUT2D eigenvalue weighted by Gasteiger charge is -2.53. The summed E-state index contributed by atoms with van der Waals surface area (Å²) >= 11 is 0. The Kier molecular flexibility index (Phi) is 7.89. The molecule has 13 heteroatoms. The first kappa shape index (κ1) is 30.1. The first-order chi connectivity index (χ1) is 21.0. The number of hydrogen-bond acceptors (Lipinski definition) is 9. The molecule has 232 valence electrons. The van der Waals surface area contributed by atoms with E-state index in [-0.39, 0.29) is 23.6 Å². The van der Waals surface area contributed by atoms with E-state index in [2.05, 4.69) is 47.4 Å². The zero-order valence-corrected chi connectivity index (χ0v) is 26.1. The number of piperidine rings is 1. The third-order valence-electron chi connectivity index (χ3n) is 8.88. The molecule has 2 saturated heterocycles. The maximum Gasteiger partial charge on any atom is 0.242 e. The van der Waals surface area contributed by atoms with Crippen molar-refractivity contribution in [2.24, 2.45) is 5.41 Å². The lowest BCUT2D eigenvalue weighted by Crippen LogP contribution is -2.60. The molecule has 3 aromatic heterocycles. The maximum atomic E-state index is 15.0. The minimum Gasteiger partial charge on any atom is -0.357 e. The molecule has 3 N–H and O–H groups in total. The predicted octanol–water partition coefficient (Wildman–Crippen LogP) is 4.36. The van der Waals surface area contributed by atoms with Gasteiger partial charge in [-0.3, -0.25) is 9.69 Å². The summed E-state index contributed by atoms with van der Waals surface area (Å²) in [5.74, 6) is -0.427. The number of benzene rings is 1. The number of aryl methyl sites for hydroxylation is 1. The van der Waals surface area contributed by atoms with Gasteiger partial charge in [0.25, 0.3) is 0 Å². The highest BCUT2D eigenvalue weighted by Gasteiger charge is 2.44. The van der Waals surface area contributed by atoms with Gasteiger partial charge in [-0.25, -0.2) is 27.8 Å². The van der Waals surface area contributed by atoms with E-state index in [4.69, 9.17) is 0 Å². The molecule has 0 aliphatic carbocycles. The van der Waals surface area contributed by atoms with Crippen molar-refractivity contribution >= 4 is 44.1 Å². The summed E-state index contributed by atoms with van der Waals surface area (Å²) in [6, 6.07) is 5.70. The Morgan fingerprint density at radius 1 is 1.18 bits per heavy atom. The van der Waals surface area contributed by atoms with Crippen LogP contribution in [0.25, 0.3) is 22.2 Å². The molecule has 0 bridgehead atoms. The first-order valence-corrected chi connectivity index (χ1v) is 16.7. The first-order valence-electron chi connectivity index (χ1n) is 14.8. The summed E-state index contributed by atoms with van der Waals surface area (Å²) in [5, 5.41) is 6.69. The van der Waals surface area contributed by atoms with Crippen molar-refractivity contribution in [1.29, 1.82) is 0 Å². The number of likely N-dealkylation sites (tertiary alicyclic amines) is 2. The van der Waals surface area contributed by atoms with Gasteiger partial charge in [0.05, 0.1) is 22.9 Å². The Bertz CT molecular complexity index is 1830. The molecule has 2 aliphatic rings. The van der Waals surface area contributed by atoms with Crippen LogP contribution < -0.4 is 10.6 Å². The number of amides is 1. The number of nitrogens with one attached hydrogen (secondary N) is 3. The van der Waals surface area contributed by atoms with Crippen molar-refractivity contribution < 1.29 is 17.6 Å². The molecular formula is C31H37FN8O3S. The normalized spacial score (nSPS) is 17.8. The number of fused-ring (bicyclic) bond motifs is 1. The predicted molar refractivity (Wildman–Crippen MR) is 168 cm³/mol. The molecule has 1 atom stereocenters. The lowest BCUT2D eigenvalue weighted by molar-refractivity contribution is -0.123. The molecule has 2 fully saturated rings. The van der Waals surface area contributed by atoms with Crippen molar-refractivity contribution in [1.82, 2.24) is 29.7 Å². The van der Waals surface area contributed by atoms with Crippen LogP contribution in [0.3, 0.4) is 0 Å². The van der Waals surface area contributed by atoms with Gasteiger partial charge in [-0.2, -0.15) is 0 Å².